The second-order valence-corrected chi connectivity index (χ2v) is 3.82. The zero-order valence-corrected chi connectivity index (χ0v) is 8.90. The highest BCUT2D eigenvalue weighted by atomic mass is 32.2. The number of aryl methyl sites for hydroxylation is 1. The monoisotopic (exact) mass is 197 g/mol. The molecular formula is C9H15N3S. The van der Waals surface area contributed by atoms with Crippen LogP contribution in [-0.4, -0.2) is 28.8 Å². The van der Waals surface area contributed by atoms with Crippen molar-refractivity contribution in [3.8, 4) is 0 Å². The van der Waals surface area contributed by atoms with Crippen molar-refractivity contribution in [1.29, 1.82) is 0 Å². The van der Waals surface area contributed by atoms with Gasteiger partial charge in [0.15, 0.2) is 0 Å². The van der Waals surface area contributed by atoms with Crippen LogP contribution in [0.25, 0.3) is 0 Å². The van der Waals surface area contributed by atoms with Gasteiger partial charge in [-0.3, -0.25) is 0 Å². The SMILES string of the molecule is CSCCCNc1ccc(C)nn1. The maximum absolute atomic E-state index is 4.01. The van der Waals surface area contributed by atoms with Gasteiger partial charge in [0.1, 0.15) is 5.82 Å². The summed E-state index contributed by atoms with van der Waals surface area (Å²) >= 11 is 1.86. The Morgan fingerprint density at radius 2 is 2.23 bits per heavy atom. The zero-order chi connectivity index (χ0) is 9.52. The summed E-state index contributed by atoms with van der Waals surface area (Å²) in [7, 11) is 0. The van der Waals surface area contributed by atoms with Crippen LogP contribution < -0.4 is 5.32 Å². The lowest BCUT2D eigenvalue weighted by molar-refractivity contribution is 0.935. The minimum Gasteiger partial charge on any atom is -0.369 e. The molecule has 0 atom stereocenters. The number of nitrogens with one attached hydrogen (secondary N) is 1. The standard InChI is InChI=1S/C9H15N3S/c1-8-4-5-9(12-11-8)10-6-3-7-13-2/h4-5H,3,6-7H2,1-2H3,(H,10,12). The van der Waals surface area contributed by atoms with Gasteiger partial charge >= 0.3 is 0 Å². The van der Waals surface area contributed by atoms with Crippen LogP contribution in [0.5, 0.6) is 0 Å². The number of aromatic nitrogens is 2. The number of anilines is 1. The summed E-state index contributed by atoms with van der Waals surface area (Å²) in [4.78, 5) is 0. The van der Waals surface area contributed by atoms with Crippen LogP contribution >= 0.6 is 11.8 Å². The van der Waals surface area contributed by atoms with E-state index < -0.39 is 0 Å². The van der Waals surface area contributed by atoms with Crippen LogP contribution in [0.3, 0.4) is 0 Å². The van der Waals surface area contributed by atoms with Crippen LogP contribution in [-0.2, 0) is 0 Å². The first-order chi connectivity index (χ1) is 6.33. The van der Waals surface area contributed by atoms with Crippen LogP contribution in [0.1, 0.15) is 12.1 Å². The molecule has 0 aliphatic rings. The van der Waals surface area contributed by atoms with Crippen molar-refractivity contribution in [1.82, 2.24) is 10.2 Å². The summed E-state index contributed by atoms with van der Waals surface area (Å²) in [6.07, 6.45) is 3.28. The van der Waals surface area contributed by atoms with Gasteiger partial charge in [0, 0.05) is 6.54 Å². The third-order valence-electron chi connectivity index (χ3n) is 1.63. The molecule has 1 heterocycles. The number of rotatable bonds is 5. The Kier molecular flexibility index (Phi) is 4.60. The summed E-state index contributed by atoms with van der Waals surface area (Å²) in [5.74, 6) is 2.05. The molecule has 72 valence electrons. The maximum Gasteiger partial charge on any atom is 0.148 e. The van der Waals surface area contributed by atoms with E-state index in [1.54, 1.807) is 0 Å². The van der Waals surface area contributed by atoms with E-state index in [0.717, 1.165) is 24.5 Å². The second kappa shape index (κ2) is 5.80. The summed E-state index contributed by atoms with van der Waals surface area (Å²) in [5.41, 5.74) is 0.953. The third kappa shape index (κ3) is 4.12. The van der Waals surface area contributed by atoms with Crippen LogP contribution in [0.15, 0.2) is 12.1 Å². The molecule has 0 aliphatic heterocycles. The predicted octanol–water partition coefficient (Wildman–Crippen LogP) is 1.95. The first kappa shape index (κ1) is 10.3. The topological polar surface area (TPSA) is 37.8 Å². The van der Waals surface area contributed by atoms with E-state index in [1.807, 2.05) is 30.8 Å². The molecule has 0 bridgehead atoms. The van der Waals surface area contributed by atoms with E-state index >= 15 is 0 Å². The van der Waals surface area contributed by atoms with Crippen molar-refractivity contribution in [2.24, 2.45) is 0 Å². The lowest BCUT2D eigenvalue weighted by Crippen LogP contribution is -2.05. The fraction of sp³-hybridized carbons (Fsp3) is 0.556. The molecule has 0 unspecified atom stereocenters. The predicted molar refractivity (Wildman–Crippen MR) is 58.3 cm³/mol. The summed E-state index contributed by atoms with van der Waals surface area (Å²) in [5, 5.41) is 11.2. The van der Waals surface area contributed by atoms with Gasteiger partial charge in [0.05, 0.1) is 5.69 Å². The first-order valence-electron chi connectivity index (χ1n) is 4.36. The average molecular weight is 197 g/mol. The molecule has 13 heavy (non-hydrogen) atoms. The van der Waals surface area contributed by atoms with Crippen molar-refractivity contribution >= 4 is 17.6 Å². The van der Waals surface area contributed by atoms with Gasteiger partial charge in [-0.15, -0.1) is 5.10 Å². The zero-order valence-electron chi connectivity index (χ0n) is 8.08. The second-order valence-electron chi connectivity index (χ2n) is 2.83. The summed E-state index contributed by atoms with van der Waals surface area (Å²) < 4.78 is 0. The van der Waals surface area contributed by atoms with Crippen molar-refractivity contribution in [2.75, 3.05) is 23.9 Å². The Labute approximate surface area is 83.3 Å². The maximum atomic E-state index is 4.01. The van der Waals surface area contributed by atoms with Gasteiger partial charge < -0.3 is 5.32 Å². The molecular weight excluding hydrogens is 182 g/mol. The average Bonchev–Trinajstić information content (AvgIpc) is 2.15. The lowest BCUT2D eigenvalue weighted by atomic mass is 10.4. The highest BCUT2D eigenvalue weighted by Gasteiger charge is 1.92. The molecule has 0 spiro atoms. The molecule has 0 saturated carbocycles. The van der Waals surface area contributed by atoms with Gasteiger partial charge in [-0.25, -0.2) is 0 Å². The van der Waals surface area contributed by atoms with Crippen LogP contribution in [0.4, 0.5) is 5.82 Å². The van der Waals surface area contributed by atoms with Gasteiger partial charge in [-0.2, -0.15) is 16.9 Å². The largest absolute Gasteiger partial charge is 0.369 e. The van der Waals surface area contributed by atoms with Gasteiger partial charge in [0.25, 0.3) is 0 Å². The van der Waals surface area contributed by atoms with E-state index in [2.05, 4.69) is 21.8 Å². The fourth-order valence-corrected chi connectivity index (χ4v) is 1.36. The molecule has 1 aromatic heterocycles. The lowest BCUT2D eigenvalue weighted by Gasteiger charge is -2.03. The van der Waals surface area contributed by atoms with Crippen molar-refractivity contribution in [3.63, 3.8) is 0 Å². The molecule has 3 nitrogen and oxygen atoms in total. The van der Waals surface area contributed by atoms with Gasteiger partial charge in [0.2, 0.25) is 0 Å². The Balaban J connectivity index is 2.25. The van der Waals surface area contributed by atoms with Gasteiger partial charge in [-0.1, -0.05) is 0 Å². The third-order valence-corrected chi connectivity index (χ3v) is 2.33. The van der Waals surface area contributed by atoms with E-state index in [0.29, 0.717) is 0 Å². The van der Waals surface area contributed by atoms with E-state index in [-0.39, 0.29) is 0 Å². The Bertz CT molecular complexity index is 235. The quantitative estimate of drug-likeness (QED) is 0.732. The number of hydrogen-bond acceptors (Lipinski definition) is 4. The molecule has 0 aliphatic carbocycles. The molecule has 0 fully saturated rings. The number of nitrogens with zero attached hydrogens (tertiary/aromatic N) is 2. The number of thioether (sulfide) groups is 1. The molecule has 0 radical (unpaired) electrons. The van der Waals surface area contributed by atoms with E-state index in [4.69, 9.17) is 0 Å². The highest BCUT2D eigenvalue weighted by molar-refractivity contribution is 7.98. The van der Waals surface area contributed by atoms with E-state index in [9.17, 15) is 0 Å². The van der Waals surface area contributed by atoms with E-state index in [1.165, 1.54) is 5.75 Å². The van der Waals surface area contributed by atoms with Crippen LogP contribution in [0.2, 0.25) is 0 Å². The fourth-order valence-electron chi connectivity index (χ4n) is 0.926. The summed E-state index contributed by atoms with van der Waals surface area (Å²) in [6.45, 7) is 2.91. The smallest absolute Gasteiger partial charge is 0.148 e. The molecule has 1 aromatic rings. The molecule has 0 amide bonds. The first-order valence-corrected chi connectivity index (χ1v) is 5.75. The molecule has 1 N–H and O–H groups in total. The van der Waals surface area contributed by atoms with Crippen molar-refractivity contribution < 1.29 is 0 Å². The Morgan fingerprint density at radius 3 is 2.85 bits per heavy atom. The highest BCUT2D eigenvalue weighted by Crippen LogP contribution is 2.01. The van der Waals surface area contributed by atoms with Crippen molar-refractivity contribution in [2.45, 2.75) is 13.3 Å². The molecule has 0 saturated heterocycles. The Morgan fingerprint density at radius 1 is 1.38 bits per heavy atom. The normalized spacial score (nSPS) is 10.0. The van der Waals surface area contributed by atoms with Gasteiger partial charge in [-0.05, 0) is 37.5 Å². The minimum absolute atomic E-state index is 0.867. The van der Waals surface area contributed by atoms with Crippen molar-refractivity contribution in [3.05, 3.63) is 17.8 Å². The minimum atomic E-state index is 0.867. The Hall–Kier alpha value is -0.770. The van der Waals surface area contributed by atoms with Crippen LogP contribution in [0, 0.1) is 6.92 Å². The molecule has 1 rings (SSSR count). The molecule has 0 aromatic carbocycles. The summed E-state index contributed by atoms with van der Waals surface area (Å²) in [6, 6.07) is 3.92. The molecule has 4 heteroatoms. The number of hydrogen-bond donors (Lipinski definition) is 1.